The average molecular weight is 438 g/mol. The molecule has 0 aliphatic rings. The van der Waals surface area contributed by atoms with Crippen molar-refractivity contribution in [2.75, 3.05) is 0 Å². The lowest BCUT2D eigenvalue weighted by atomic mass is 10.0. The minimum atomic E-state index is -0.661. The SMILES string of the molecule is Cc1c(-c2ccccc2)oc2c(C(=O)OCc3nnc(-c4ccccc4)o3)cccc2c1=O. The number of hydrogen-bond acceptors (Lipinski definition) is 7. The first-order chi connectivity index (χ1) is 16.1. The van der Waals surface area contributed by atoms with Gasteiger partial charge in [0.1, 0.15) is 11.3 Å². The molecular weight excluding hydrogens is 420 g/mol. The summed E-state index contributed by atoms with van der Waals surface area (Å²) in [5.74, 6) is 0.245. The average Bonchev–Trinajstić information content (AvgIpc) is 3.34. The lowest BCUT2D eigenvalue weighted by Crippen LogP contribution is -2.11. The highest BCUT2D eigenvalue weighted by Crippen LogP contribution is 2.27. The summed E-state index contributed by atoms with van der Waals surface area (Å²) in [5.41, 5.74) is 2.10. The third-order valence-electron chi connectivity index (χ3n) is 5.22. The van der Waals surface area contributed by atoms with E-state index in [0.717, 1.165) is 11.1 Å². The third-order valence-corrected chi connectivity index (χ3v) is 5.22. The minimum absolute atomic E-state index is 0.143. The van der Waals surface area contributed by atoms with Crippen molar-refractivity contribution in [3.05, 3.63) is 106 Å². The maximum Gasteiger partial charge on any atom is 0.342 e. The fourth-order valence-electron chi connectivity index (χ4n) is 3.55. The molecule has 0 amide bonds. The van der Waals surface area contributed by atoms with Crippen molar-refractivity contribution in [2.24, 2.45) is 0 Å². The van der Waals surface area contributed by atoms with Crippen molar-refractivity contribution in [1.82, 2.24) is 10.2 Å². The molecule has 3 aromatic carbocycles. The summed E-state index contributed by atoms with van der Waals surface area (Å²) in [4.78, 5) is 25.8. The van der Waals surface area contributed by atoms with E-state index >= 15 is 0 Å². The molecule has 5 aromatic rings. The van der Waals surface area contributed by atoms with Crippen molar-refractivity contribution in [3.8, 4) is 22.8 Å². The van der Waals surface area contributed by atoms with Crippen LogP contribution in [0.5, 0.6) is 0 Å². The molecule has 0 saturated heterocycles. The van der Waals surface area contributed by atoms with E-state index in [4.69, 9.17) is 13.6 Å². The molecule has 0 N–H and O–H groups in total. The van der Waals surface area contributed by atoms with E-state index in [2.05, 4.69) is 10.2 Å². The molecule has 7 heteroatoms. The normalized spacial score (nSPS) is 10.9. The predicted molar refractivity (Wildman–Crippen MR) is 122 cm³/mol. The van der Waals surface area contributed by atoms with E-state index in [-0.39, 0.29) is 29.1 Å². The maximum atomic E-state index is 13.0. The summed E-state index contributed by atoms with van der Waals surface area (Å²) in [6.45, 7) is 1.50. The summed E-state index contributed by atoms with van der Waals surface area (Å²) < 4.78 is 17.0. The van der Waals surface area contributed by atoms with Crippen LogP contribution >= 0.6 is 0 Å². The smallest absolute Gasteiger partial charge is 0.342 e. The molecule has 0 fully saturated rings. The van der Waals surface area contributed by atoms with Gasteiger partial charge in [-0.05, 0) is 31.2 Å². The zero-order chi connectivity index (χ0) is 22.8. The summed E-state index contributed by atoms with van der Waals surface area (Å²) in [6.07, 6.45) is 0. The number of nitrogens with zero attached hydrogens (tertiary/aromatic N) is 2. The number of carbonyl (C=O) groups is 1. The molecule has 33 heavy (non-hydrogen) atoms. The van der Waals surface area contributed by atoms with Gasteiger partial charge in [0.2, 0.25) is 5.89 Å². The second-order valence-corrected chi connectivity index (χ2v) is 7.38. The Bertz CT molecular complexity index is 1500. The van der Waals surface area contributed by atoms with Crippen LogP contribution in [0.1, 0.15) is 21.8 Å². The molecule has 0 atom stereocenters. The Morgan fingerprint density at radius 3 is 2.27 bits per heavy atom. The van der Waals surface area contributed by atoms with E-state index < -0.39 is 5.97 Å². The number of fused-ring (bicyclic) bond motifs is 1. The van der Waals surface area contributed by atoms with Crippen LogP contribution in [-0.4, -0.2) is 16.2 Å². The first kappa shape index (κ1) is 20.4. The Labute approximate surface area is 188 Å². The fourth-order valence-corrected chi connectivity index (χ4v) is 3.55. The number of carbonyl (C=O) groups excluding carboxylic acids is 1. The Morgan fingerprint density at radius 1 is 0.848 bits per heavy atom. The highest BCUT2D eigenvalue weighted by atomic mass is 16.5. The van der Waals surface area contributed by atoms with E-state index in [0.29, 0.717) is 22.6 Å². The molecule has 0 bridgehead atoms. The Balaban J connectivity index is 1.45. The van der Waals surface area contributed by atoms with Crippen molar-refractivity contribution in [3.63, 3.8) is 0 Å². The number of esters is 1. The summed E-state index contributed by atoms with van der Waals surface area (Å²) >= 11 is 0. The highest BCUT2D eigenvalue weighted by molar-refractivity contribution is 6.02. The molecule has 162 valence electrons. The van der Waals surface area contributed by atoms with Crippen LogP contribution in [0.15, 0.2) is 92.5 Å². The standard InChI is InChI=1S/C26H18N2O5/c1-16-22(29)19-13-8-14-20(24(19)33-23(16)17-9-4-2-5-10-17)26(30)31-15-21-27-28-25(32-21)18-11-6-3-7-12-18/h2-14H,15H2,1H3. The van der Waals surface area contributed by atoms with Crippen molar-refractivity contribution >= 4 is 16.9 Å². The number of aromatic nitrogens is 2. The van der Waals surface area contributed by atoms with Gasteiger partial charge in [-0.3, -0.25) is 4.79 Å². The van der Waals surface area contributed by atoms with Gasteiger partial charge in [0.05, 0.1) is 5.39 Å². The van der Waals surface area contributed by atoms with Gasteiger partial charge in [0.25, 0.3) is 5.89 Å². The molecule has 0 saturated carbocycles. The van der Waals surface area contributed by atoms with Gasteiger partial charge in [0.15, 0.2) is 17.6 Å². The van der Waals surface area contributed by atoms with Crippen LogP contribution in [0.4, 0.5) is 0 Å². The number of ether oxygens (including phenoxy) is 1. The summed E-state index contributed by atoms with van der Waals surface area (Å²) in [6, 6.07) is 23.4. The fraction of sp³-hybridized carbons (Fsp3) is 0.0769. The molecule has 0 spiro atoms. The second-order valence-electron chi connectivity index (χ2n) is 7.38. The van der Waals surface area contributed by atoms with E-state index in [1.54, 1.807) is 25.1 Å². The summed E-state index contributed by atoms with van der Waals surface area (Å²) in [5, 5.41) is 8.23. The van der Waals surface area contributed by atoms with Gasteiger partial charge in [-0.2, -0.15) is 0 Å². The van der Waals surface area contributed by atoms with E-state index in [1.807, 2.05) is 60.7 Å². The van der Waals surface area contributed by atoms with Crippen molar-refractivity contribution < 1.29 is 18.4 Å². The van der Waals surface area contributed by atoms with Crippen molar-refractivity contribution in [2.45, 2.75) is 13.5 Å². The van der Waals surface area contributed by atoms with E-state index in [9.17, 15) is 9.59 Å². The Kier molecular flexibility index (Phi) is 5.28. The molecular formula is C26H18N2O5. The largest absolute Gasteiger partial charge is 0.455 e. The highest BCUT2D eigenvalue weighted by Gasteiger charge is 2.20. The van der Waals surface area contributed by atoms with Crippen LogP contribution in [0, 0.1) is 6.92 Å². The zero-order valence-corrected chi connectivity index (χ0v) is 17.6. The first-order valence-electron chi connectivity index (χ1n) is 10.3. The van der Waals surface area contributed by atoms with Crippen LogP contribution < -0.4 is 5.43 Å². The monoisotopic (exact) mass is 438 g/mol. The molecule has 0 aliphatic heterocycles. The number of para-hydroxylation sites is 1. The van der Waals surface area contributed by atoms with E-state index in [1.165, 1.54) is 0 Å². The van der Waals surface area contributed by atoms with Gasteiger partial charge in [-0.15, -0.1) is 10.2 Å². The zero-order valence-electron chi connectivity index (χ0n) is 17.6. The van der Waals surface area contributed by atoms with Crippen LogP contribution in [0.3, 0.4) is 0 Å². The van der Waals surface area contributed by atoms with Gasteiger partial charge >= 0.3 is 5.97 Å². The Hall–Kier alpha value is -4.52. The first-order valence-corrected chi connectivity index (χ1v) is 10.3. The van der Waals surface area contributed by atoms with Crippen molar-refractivity contribution in [1.29, 1.82) is 0 Å². The topological polar surface area (TPSA) is 95.4 Å². The molecule has 0 unspecified atom stereocenters. The molecule has 7 nitrogen and oxygen atoms in total. The molecule has 2 heterocycles. The van der Waals surface area contributed by atoms with Gasteiger partial charge < -0.3 is 13.6 Å². The van der Waals surface area contributed by atoms with Gasteiger partial charge in [-0.25, -0.2) is 4.79 Å². The molecule has 5 rings (SSSR count). The maximum absolute atomic E-state index is 13.0. The number of hydrogen-bond donors (Lipinski definition) is 0. The van der Waals surface area contributed by atoms with Crippen LogP contribution in [0.25, 0.3) is 33.7 Å². The van der Waals surface area contributed by atoms with Crippen LogP contribution in [0.2, 0.25) is 0 Å². The van der Waals surface area contributed by atoms with Gasteiger partial charge in [0, 0.05) is 16.7 Å². The molecule has 0 radical (unpaired) electrons. The lowest BCUT2D eigenvalue weighted by molar-refractivity contribution is 0.0439. The third kappa shape index (κ3) is 3.92. The quantitative estimate of drug-likeness (QED) is 0.349. The number of rotatable bonds is 5. The van der Waals surface area contributed by atoms with Crippen LogP contribution in [-0.2, 0) is 11.3 Å². The molecule has 0 aliphatic carbocycles. The summed E-state index contributed by atoms with van der Waals surface area (Å²) in [7, 11) is 0. The predicted octanol–water partition coefficient (Wildman–Crippen LogP) is 5.18. The second kappa shape index (κ2) is 8.55. The minimum Gasteiger partial charge on any atom is -0.455 e. The number of benzene rings is 3. The molecule has 2 aromatic heterocycles. The Morgan fingerprint density at radius 2 is 1.55 bits per heavy atom. The lowest BCUT2D eigenvalue weighted by Gasteiger charge is -2.10. The van der Waals surface area contributed by atoms with Gasteiger partial charge in [-0.1, -0.05) is 54.6 Å².